The minimum absolute atomic E-state index is 0.486. The van der Waals surface area contributed by atoms with Gasteiger partial charge >= 0.3 is 11.9 Å². The Bertz CT molecular complexity index is 527. The predicted molar refractivity (Wildman–Crippen MR) is 91.1 cm³/mol. The van der Waals surface area contributed by atoms with E-state index in [0.717, 1.165) is 13.1 Å². The summed E-state index contributed by atoms with van der Waals surface area (Å²) in [4.78, 5) is 18.2. The van der Waals surface area contributed by atoms with Gasteiger partial charge in [0.2, 0.25) is 0 Å². The van der Waals surface area contributed by atoms with Gasteiger partial charge in [0.25, 0.3) is 0 Å². The van der Waals surface area contributed by atoms with Crippen LogP contribution in [-0.2, 0) is 14.3 Å². The molecular formula is C15H19Cl2NO6. The average molecular weight is 380 g/mol. The van der Waals surface area contributed by atoms with Gasteiger partial charge < -0.3 is 25.0 Å². The molecule has 0 fully saturated rings. The molecule has 0 bridgehead atoms. The Morgan fingerprint density at radius 2 is 1.79 bits per heavy atom. The highest BCUT2D eigenvalue weighted by atomic mass is 35.5. The van der Waals surface area contributed by atoms with Gasteiger partial charge in [-0.15, -0.1) is 6.58 Å². The van der Waals surface area contributed by atoms with Crippen molar-refractivity contribution >= 4 is 35.1 Å². The molecule has 0 saturated heterocycles. The molecule has 0 unspecified atom stereocenters. The van der Waals surface area contributed by atoms with E-state index < -0.39 is 11.9 Å². The highest BCUT2D eigenvalue weighted by Gasteiger charge is 2.04. The van der Waals surface area contributed by atoms with Crippen LogP contribution in [0.1, 0.15) is 0 Å². The molecule has 7 nitrogen and oxygen atoms in total. The van der Waals surface area contributed by atoms with Gasteiger partial charge in [-0.25, -0.2) is 9.59 Å². The first-order chi connectivity index (χ1) is 11.4. The van der Waals surface area contributed by atoms with E-state index in [-0.39, 0.29) is 0 Å². The summed E-state index contributed by atoms with van der Waals surface area (Å²) < 4.78 is 10.8. The Labute approximate surface area is 149 Å². The number of carbonyl (C=O) groups is 2. The zero-order valence-electron chi connectivity index (χ0n) is 12.8. The van der Waals surface area contributed by atoms with Crippen molar-refractivity contribution in [3.05, 3.63) is 40.9 Å². The molecule has 134 valence electrons. The van der Waals surface area contributed by atoms with E-state index in [0.29, 0.717) is 35.6 Å². The van der Waals surface area contributed by atoms with Crippen molar-refractivity contribution in [2.24, 2.45) is 0 Å². The summed E-state index contributed by atoms with van der Waals surface area (Å²) in [5.74, 6) is -2.96. The maximum Gasteiger partial charge on any atom is 0.414 e. The Balaban J connectivity index is 0.000000754. The van der Waals surface area contributed by atoms with Crippen LogP contribution in [-0.4, -0.2) is 55.1 Å². The number of rotatable bonds is 9. The van der Waals surface area contributed by atoms with Crippen LogP contribution in [0.4, 0.5) is 0 Å². The molecular weight excluding hydrogens is 361 g/mol. The van der Waals surface area contributed by atoms with Gasteiger partial charge in [-0.2, -0.15) is 0 Å². The number of ether oxygens (including phenoxy) is 2. The third-order valence-electron chi connectivity index (χ3n) is 2.28. The van der Waals surface area contributed by atoms with Crippen LogP contribution in [0, 0.1) is 0 Å². The quantitative estimate of drug-likeness (QED) is 0.343. The molecule has 1 aromatic carbocycles. The molecule has 0 atom stereocenters. The van der Waals surface area contributed by atoms with Crippen LogP contribution in [0.25, 0.3) is 0 Å². The molecule has 9 heteroatoms. The van der Waals surface area contributed by atoms with Crippen molar-refractivity contribution in [2.45, 2.75) is 0 Å². The molecule has 0 heterocycles. The Hall–Kier alpha value is -1.80. The van der Waals surface area contributed by atoms with Crippen LogP contribution in [0.5, 0.6) is 5.75 Å². The fourth-order valence-corrected chi connectivity index (χ4v) is 1.52. The third kappa shape index (κ3) is 11.7. The molecule has 24 heavy (non-hydrogen) atoms. The molecule has 0 aliphatic rings. The fraction of sp³-hybridized carbons (Fsp3) is 0.333. The number of benzene rings is 1. The van der Waals surface area contributed by atoms with E-state index in [9.17, 15) is 0 Å². The van der Waals surface area contributed by atoms with E-state index in [4.69, 9.17) is 52.5 Å². The first-order valence-electron chi connectivity index (χ1n) is 6.82. The van der Waals surface area contributed by atoms with Crippen molar-refractivity contribution in [1.82, 2.24) is 5.32 Å². The summed E-state index contributed by atoms with van der Waals surface area (Å²) in [6.07, 6.45) is 1.81. The lowest BCUT2D eigenvalue weighted by Crippen LogP contribution is -2.20. The SMILES string of the molecule is C=CCNCCOCCOc1ccc(Cl)c(Cl)c1.O=C(O)C(=O)O. The molecule has 0 amide bonds. The standard InChI is InChI=1S/C13H17Cl2NO2.C2H2O4/c1-2-5-16-6-7-17-8-9-18-11-3-4-12(14)13(15)10-11;3-1(4)2(5)6/h2-4,10,16H,1,5-9H2;(H,3,4)(H,5,6). The number of hydrogen-bond acceptors (Lipinski definition) is 5. The zero-order chi connectivity index (χ0) is 18.4. The lowest BCUT2D eigenvalue weighted by molar-refractivity contribution is -0.159. The highest BCUT2D eigenvalue weighted by Crippen LogP contribution is 2.26. The molecule has 0 radical (unpaired) electrons. The summed E-state index contributed by atoms with van der Waals surface area (Å²) in [5, 5.41) is 18.9. The lowest BCUT2D eigenvalue weighted by Gasteiger charge is -2.08. The van der Waals surface area contributed by atoms with Gasteiger partial charge in [0.05, 0.1) is 23.3 Å². The van der Waals surface area contributed by atoms with Crippen LogP contribution in [0.2, 0.25) is 10.0 Å². The van der Waals surface area contributed by atoms with E-state index in [1.54, 1.807) is 18.2 Å². The monoisotopic (exact) mass is 379 g/mol. The molecule has 1 aromatic rings. The predicted octanol–water partition coefficient (Wildman–Crippen LogP) is 2.32. The van der Waals surface area contributed by atoms with Gasteiger partial charge in [-0.1, -0.05) is 29.3 Å². The first-order valence-corrected chi connectivity index (χ1v) is 7.57. The minimum atomic E-state index is -1.82. The largest absolute Gasteiger partial charge is 0.491 e. The van der Waals surface area contributed by atoms with Crippen molar-refractivity contribution in [3.63, 3.8) is 0 Å². The second-order valence-electron chi connectivity index (χ2n) is 4.14. The van der Waals surface area contributed by atoms with Crippen LogP contribution < -0.4 is 10.1 Å². The highest BCUT2D eigenvalue weighted by molar-refractivity contribution is 6.42. The molecule has 0 aliphatic carbocycles. The topological polar surface area (TPSA) is 105 Å². The number of halogens is 2. The molecule has 0 spiro atoms. The second-order valence-corrected chi connectivity index (χ2v) is 4.95. The smallest absolute Gasteiger partial charge is 0.414 e. The first kappa shape index (κ1) is 22.2. The molecule has 0 aliphatic heterocycles. The van der Waals surface area contributed by atoms with Gasteiger partial charge in [0.15, 0.2) is 0 Å². The maximum atomic E-state index is 9.10. The normalized spacial score (nSPS) is 9.58. The van der Waals surface area contributed by atoms with Crippen LogP contribution >= 0.6 is 23.2 Å². The molecule has 1 rings (SSSR count). The summed E-state index contributed by atoms with van der Waals surface area (Å²) >= 11 is 11.7. The summed E-state index contributed by atoms with van der Waals surface area (Å²) in [7, 11) is 0. The van der Waals surface area contributed by atoms with Crippen molar-refractivity contribution in [1.29, 1.82) is 0 Å². The number of carboxylic acid groups (broad SMARTS) is 2. The zero-order valence-corrected chi connectivity index (χ0v) is 14.3. The molecule has 3 N–H and O–H groups in total. The van der Waals surface area contributed by atoms with Crippen LogP contribution in [0.3, 0.4) is 0 Å². The summed E-state index contributed by atoms with van der Waals surface area (Å²) in [5.41, 5.74) is 0. The van der Waals surface area contributed by atoms with Crippen molar-refractivity contribution < 1.29 is 29.3 Å². The third-order valence-corrected chi connectivity index (χ3v) is 3.02. The van der Waals surface area contributed by atoms with Crippen LogP contribution in [0.15, 0.2) is 30.9 Å². The molecule has 0 aromatic heterocycles. The fourth-order valence-electron chi connectivity index (χ4n) is 1.24. The van der Waals surface area contributed by atoms with Crippen molar-refractivity contribution in [2.75, 3.05) is 32.9 Å². The summed E-state index contributed by atoms with van der Waals surface area (Å²) in [6, 6.07) is 5.18. The summed E-state index contributed by atoms with van der Waals surface area (Å²) in [6.45, 7) is 6.88. The molecule has 0 saturated carbocycles. The Kier molecular flexibility index (Phi) is 12.6. The van der Waals surface area contributed by atoms with E-state index in [1.165, 1.54) is 0 Å². The lowest BCUT2D eigenvalue weighted by atomic mass is 10.3. The van der Waals surface area contributed by atoms with E-state index in [1.807, 2.05) is 6.08 Å². The van der Waals surface area contributed by atoms with E-state index in [2.05, 4.69) is 11.9 Å². The van der Waals surface area contributed by atoms with Gasteiger partial charge in [-0.05, 0) is 12.1 Å². The van der Waals surface area contributed by atoms with Gasteiger partial charge in [0.1, 0.15) is 12.4 Å². The maximum absolute atomic E-state index is 9.10. The van der Waals surface area contributed by atoms with Gasteiger partial charge in [-0.3, -0.25) is 0 Å². The Morgan fingerprint density at radius 1 is 1.12 bits per heavy atom. The average Bonchev–Trinajstić information content (AvgIpc) is 2.54. The van der Waals surface area contributed by atoms with Crippen molar-refractivity contribution in [3.8, 4) is 5.75 Å². The van der Waals surface area contributed by atoms with Gasteiger partial charge in [0, 0.05) is 19.2 Å². The number of aliphatic carboxylic acids is 2. The number of nitrogens with one attached hydrogen (secondary N) is 1. The van der Waals surface area contributed by atoms with E-state index >= 15 is 0 Å². The second kappa shape index (κ2) is 13.6. The number of hydrogen-bond donors (Lipinski definition) is 3. The number of carboxylic acids is 2. The Morgan fingerprint density at radius 3 is 2.33 bits per heavy atom. The minimum Gasteiger partial charge on any atom is -0.491 e.